The van der Waals surface area contributed by atoms with E-state index in [0.717, 1.165) is 12.1 Å². The Kier molecular flexibility index (Phi) is 4.26. The Bertz CT molecular complexity index is 474. The third-order valence-corrected chi connectivity index (χ3v) is 3.75. The van der Waals surface area contributed by atoms with Crippen LogP contribution in [0.3, 0.4) is 0 Å². The van der Waals surface area contributed by atoms with Gasteiger partial charge in [-0.15, -0.1) is 0 Å². The largest absolute Gasteiger partial charge is 0.370 e. The number of nitrogens with zero attached hydrogens (tertiary/aromatic N) is 1. The molecule has 0 bridgehead atoms. The molecule has 0 saturated heterocycles. The molecule has 0 heterocycles. The Balaban J connectivity index is 1.91. The molecule has 0 aromatic heterocycles. The minimum absolute atomic E-state index is 0.196. The van der Waals surface area contributed by atoms with E-state index in [9.17, 15) is 8.78 Å². The molecule has 1 aliphatic rings. The maximum Gasteiger partial charge on any atom is 0.252 e. The van der Waals surface area contributed by atoms with Crippen molar-refractivity contribution in [2.75, 3.05) is 5.32 Å². The van der Waals surface area contributed by atoms with Gasteiger partial charge in [-0.25, -0.2) is 13.8 Å². The molecular weight excluding hydrogens is 260 g/mol. The zero-order valence-corrected chi connectivity index (χ0v) is 11.9. The lowest BCUT2D eigenvalue weighted by Crippen LogP contribution is -2.40. The van der Waals surface area contributed by atoms with E-state index in [-0.39, 0.29) is 24.8 Å². The molecule has 3 N–H and O–H groups in total. The lowest BCUT2D eigenvalue weighted by atomic mass is 9.89. The van der Waals surface area contributed by atoms with Crippen molar-refractivity contribution in [1.29, 1.82) is 0 Å². The molecule has 1 aromatic carbocycles. The van der Waals surface area contributed by atoms with Gasteiger partial charge in [-0.2, -0.15) is 0 Å². The second-order valence-electron chi connectivity index (χ2n) is 5.49. The Morgan fingerprint density at radius 1 is 1.40 bits per heavy atom. The van der Waals surface area contributed by atoms with E-state index in [1.54, 1.807) is 0 Å². The second kappa shape index (κ2) is 5.77. The number of guanidine groups is 1. The lowest BCUT2D eigenvalue weighted by molar-refractivity contribution is -0.0834. The summed E-state index contributed by atoms with van der Waals surface area (Å²) in [5.41, 5.74) is 7.82. The predicted molar refractivity (Wildman–Crippen MR) is 78.4 cm³/mol. The molecular formula is C15H21F2N3. The van der Waals surface area contributed by atoms with Crippen molar-refractivity contribution in [2.45, 2.75) is 51.0 Å². The van der Waals surface area contributed by atoms with Gasteiger partial charge in [-0.3, -0.25) is 0 Å². The molecule has 1 unspecified atom stereocenters. The molecule has 5 heteroatoms. The molecule has 1 atom stereocenters. The topological polar surface area (TPSA) is 50.4 Å². The highest BCUT2D eigenvalue weighted by atomic mass is 19.3. The highest BCUT2D eigenvalue weighted by Gasteiger charge is 2.45. The SMILES string of the molecule is CCC(C)c1ccc(NC(N)=NC2CC(F)(F)C2)cc1. The first-order chi connectivity index (χ1) is 9.39. The van der Waals surface area contributed by atoms with Crippen LogP contribution < -0.4 is 11.1 Å². The molecule has 1 aromatic rings. The van der Waals surface area contributed by atoms with E-state index < -0.39 is 5.92 Å². The summed E-state index contributed by atoms with van der Waals surface area (Å²) >= 11 is 0. The summed E-state index contributed by atoms with van der Waals surface area (Å²) in [6, 6.07) is 7.58. The Labute approximate surface area is 118 Å². The average molecular weight is 281 g/mol. The summed E-state index contributed by atoms with van der Waals surface area (Å²) in [5.74, 6) is -1.85. The minimum Gasteiger partial charge on any atom is -0.370 e. The van der Waals surface area contributed by atoms with E-state index in [1.807, 2.05) is 24.3 Å². The van der Waals surface area contributed by atoms with Gasteiger partial charge in [-0.05, 0) is 30.0 Å². The van der Waals surface area contributed by atoms with Crippen LogP contribution in [0.5, 0.6) is 0 Å². The van der Waals surface area contributed by atoms with E-state index >= 15 is 0 Å². The van der Waals surface area contributed by atoms with E-state index in [1.165, 1.54) is 5.56 Å². The van der Waals surface area contributed by atoms with Crippen molar-refractivity contribution in [2.24, 2.45) is 10.7 Å². The monoisotopic (exact) mass is 281 g/mol. The van der Waals surface area contributed by atoms with Gasteiger partial charge in [-0.1, -0.05) is 26.0 Å². The molecule has 20 heavy (non-hydrogen) atoms. The average Bonchev–Trinajstić information content (AvgIpc) is 2.36. The van der Waals surface area contributed by atoms with Crippen molar-refractivity contribution in [3.63, 3.8) is 0 Å². The Morgan fingerprint density at radius 2 is 2.00 bits per heavy atom. The van der Waals surface area contributed by atoms with Gasteiger partial charge in [0.15, 0.2) is 5.96 Å². The van der Waals surface area contributed by atoms with Crippen LogP contribution in [0.2, 0.25) is 0 Å². The third kappa shape index (κ3) is 3.68. The van der Waals surface area contributed by atoms with Crippen LogP contribution in [0.25, 0.3) is 0 Å². The summed E-state index contributed by atoms with van der Waals surface area (Å²) in [6.45, 7) is 4.32. The number of rotatable bonds is 4. The number of hydrogen-bond donors (Lipinski definition) is 2. The molecule has 0 amide bonds. The number of benzene rings is 1. The van der Waals surface area contributed by atoms with Crippen LogP contribution >= 0.6 is 0 Å². The van der Waals surface area contributed by atoms with Crippen molar-refractivity contribution in [3.05, 3.63) is 29.8 Å². The van der Waals surface area contributed by atoms with Crippen LogP contribution in [-0.2, 0) is 0 Å². The molecule has 3 nitrogen and oxygen atoms in total. The molecule has 1 fully saturated rings. The maximum absolute atomic E-state index is 12.7. The van der Waals surface area contributed by atoms with Crippen LogP contribution in [0.15, 0.2) is 29.3 Å². The van der Waals surface area contributed by atoms with Crippen molar-refractivity contribution < 1.29 is 8.78 Å². The number of hydrogen-bond acceptors (Lipinski definition) is 1. The standard InChI is InChI=1S/C15H21F2N3/c1-3-10(2)11-4-6-12(7-5-11)19-14(18)20-13-8-15(16,17)9-13/h4-7,10,13H,3,8-9H2,1-2H3,(H3,18,19,20). The maximum atomic E-state index is 12.7. The van der Waals surface area contributed by atoms with Gasteiger partial charge in [0, 0.05) is 18.5 Å². The fourth-order valence-electron chi connectivity index (χ4n) is 2.23. The number of anilines is 1. The molecule has 110 valence electrons. The number of alkyl halides is 2. The van der Waals surface area contributed by atoms with Gasteiger partial charge < -0.3 is 11.1 Å². The first-order valence-corrected chi connectivity index (χ1v) is 6.97. The third-order valence-electron chi connectivity index (χ3n) is 3.75. The number of aliphatic imine (C=N–C) groups is 1. The van der Waals surface area contributed by atoms with Gasteiger partial charge in [0.05, 0.1) is 6.04 Å². The van der Waals surface area contributed by atoms with Crippen LogP contribution in [-0.4, -0.2) is 17.9 Å². The Hall–Kier alpha value is -1.65. The minimum atomic E-state index is -2.56. The molecule has 0 radical (unpaired) electrons. The van der Waals surface area contributed by atoms with Crippen LogP contribution in [0.4, 0.5) is 14.5 Å². The fourth-order valence-corrected chi connectivity index (χ4v) is 2.23. The molecule has 1 aliphatic carbocycles. The predicted octanol–water partition coefficient (Wildman–Crippen LogP) is 3.72. The van der Waals surface area contributed by atoms with E-state index in [4.69, 9.17) is 5.73 Å². The summed E-state index contributed by atoms with van der Waals surface area (Å²) in [4.78, 5) is 4.05. The summed E-state index contributed by atoms with van der Waals surface area (Å²) in [6.07, 6.45) is 0.678. The van der Waals surface area contributed by atoms with Crippen molar-refractivity contribution >= 4 is 11.6 Å². The second-order valence-corrected chi connectivity index (χ2v) is 5.49. The zero-order valence-electron chi connectivity index (χ0n) is 11.9. The summed E-state index contributed by atoms with van der Waals surface area (Å²) in [5, 5.41) is 2.94. The zero-order chi connectivity index (χ0) is 14.8. The van der Waals surface area contributed by atoms with Gasteiger partial charge in [0.1, 0.15) is 0 Å². The van der Waals surface area contributed by atoms with Gasteiger partial charge in [0.25, 0.3) is 5.92 Å². The molecule has 0 aliphatic heterocycles. The van der Waals surface area contributed by atoms with Crippen molar-refractivity contribution in [3.8, 4) is 0 Å². The normalized spacial score (nSPS) is 20.3. The highest BCUT2D eigenvalue weighted by molar-refractivity contribution is 5.92. The molecule has 1 saturated carbocycles. The van der Waals surface area contributed by atoms with E-state index in [2.05, 4.69) is 24.2 Å². The van der Waals surface area contributed by atoms with E-state index in [0.29, 0.717) is 5.92 Å². The van der Waals surface area contributed by atoms with Crippen LogP contribution in [0, 0.1) is 0 Å². The lowest BCUT2D eigenvalue weighted by Gasteiger charge is -2.32. The van der Waals surface area contributed by atoms with Crippen molar-refractivity contribution in [1.82, 2.24) is 0 Å². The first-order valence-electron chi connectivity index (χ1n) is 6.97. The molecule has 2 rings (SSSR count). The Morgan fingerprint density at radius 3 is 2.50 bits per heavy atom. The summed E-state index contributed by atoms with van der Waals surface area (Å²) in [7, 11) is 0. The number of halogens is 2. The number of nitrogens with one attached hydrogen (secondary N) is 1. The van der Waals surface area contributed by atoms with Crippen LogP contribution in [0.1, 0.15) is 44.6 Å². The highest BCUT2D eigenvalue weighted by Crippen LogP contribution is 2.39. The quantitative estimate of drug-likeness (QED) is 0.652. The van der Waals surface area contributed by atoms with Gasteiger partial charge >= 0.3 is 0 Å². The summed E-state index contributed by atoms with van der Waals surface area (Å²) < 4.78 is 25.4. The number of nitrogens with two attached hydrogens (primary N) is 1. The first kappa shape index (κ1) is 14.8. The molecule has 0 spiro atoms. The smallest absolute Gasteiger partial charge is 0.252 e. The fraction of sp³-hybridized carbons (Fsp3) is 0.533. The van der Waals surface area contributed by atoms with Gasteiger partial charge in [0.2, 0.25) is 0 Å².